The number of rotatable bonds is 5. The molecule has 0 saturated carbocycles. The van der Waals surface area contributed by atoms with Crippen LogP contribution in [0.2, 0.25) is 0 Å². The van der Waals surface area contributed by atoms with Crippen molar-refractivity contribution in [2.45, 2.75) is 26.3 Å². The third-order valence-corrected chi connectivity index (χ3v) is 3.67. The highest BCUT2D eigenvalue weighted by Gasteiger charge is 2.17. The lowest BCUT2D eigenvalue weighted by atomic mass is 9.97. The summed E-state index contributed by atoms with van der Waals surface area (Å²) in [5.74, 6) is 0.861. The van der Waals surface area contributed by atoms with Gasteiger partial charge in [0, 0.05) is 18.9 Å². The molecular weight excluding hydrogens is 210 g/mol. The smallest absolute Gasteiger partial charge is 0.0271 e. The van der Waals surface area contributed by atoms with Crippen LogP contribution < -0.4 is 5.32 Å². The van der Waals surface area contributed by atoms with Crippen LogP contribution in [-0.4, -0.2) is 36.1 Å². The van der Waals surface area contributed by atoms with Gasteiger partial charge in [-0.2, -0.15) is 0 Å². The number of piperidine rings is 1. The first-order valence-corrected chi connectivity index (χ1v) is 6.70. The number of nitrogens with one attached hydrogen (secondary N) is 1. The van der Waals surface area contributed by atoms with Crippen molar-refractivity contribution in [2.75, 3.05) is 26.2 Å². The Balaban J connectivity index is 1.63. The highest BCUT2D eigenvalue weighted by molar-refractivity contribution is 5.08. The first-order chi connectivity index (χ1) is 8.38. The molecule has 1 fully saturated rings. The van der Waals surface area contributed by atoms with Crippen LogP contribution in [0, 0.1) is 5.92 Å². The Bertz CT molecular complexity index is 305. The Morgan fingerprint density at radius 1 is 1.29 bits per heavy atom. The highest BCUT2D eigenvalue weighted by Crippen LogP contribution is 2.15. The molecule has 0 amide bonds. The van der Waals surface area contributed by atoms with Crippen molar-refractivity contribution in [2.24, 2.45) is 5.92 Å². The van der Waals surface area contributed by atoms with Gasteiger partial charge in [0.2, 0.25) is 0 Å². The van der Waals surface area contributed by atoms with Gasteiger partial charge >= 0.3 is 0 Å². The van der Waals surface area contributed by atoms with Gasteiger partial charge in [0.05, 0.1) is 0 Å². The van der Waals surface area contributed by atoms with Crippen molar-refractivity contribution in [1.82, 2.24) is 15.2 Å². The van der Waals surface area contributed by atoms with Gasteiger partial charge in [-0.15, -0.1) is 0 Å². The van der Waals surface area contributed by atoms with Crippen molar-refractivity contribution in [3.8, 4) is 0 Å². The van der Waals surface area contributed by atoms with E-state index in [1.54, 1.807) is 0 Å². The molecule has 0 aromatic carbocycles. The fourth-order valence-corrected chi connectivity index (χ4v) is 2.43. The van der Waals surface area contributed by atoms with Crippen LogP contribution in [0.5, 0.6) is 0 Å². The minimum absolute atomic E-state index is 0.861. The molecule has 94 valence electrons. The van der Waals surface area contributed by atoms with Crippen molar-refractivity contribution in [3.05, 3.63) is 30.1 Å². The Kier molecular flexibility index (Phi) is 4.95. The second kappa shape index (κ2) is 6.72. The summed E-state index contributed by atoms with van der Waals surface area (Å²) in [7, 11) is 0. The zero-order valence-electron chi connectivity index (χ0n) is 10.7. The Hall–Kier alpha value is -0.930. The summed E-state index contributed by atoms with van der Waals surface area (Å²) in [5, 5.41) is 3.56. The maximum absolute atomic E-state index is 4.03. The molecule has 1 aromatic heterocycles. The number of hydrogen-bond donors (Lipinski definition) is 1. The second-order valence-corrected chi connectivity index (χ2v) is 4.86. The monoisotopic (exact) mass is 233 g/mol. The molecule has 0 atom stereocenters. The Morgan fingerprint density at radius 2 is 2.00 bits per heavy atom. The predicted octanol–water partition coefficient (Wildman–Crippen LogP) is 1.90. The average Bonchev–Trinajstić information content (AvgIpc) is 2.41. The van der Waals surface area contributed by atoms with E-state index >= 15 is 0 Å². The standard InChI is InChI=1S/C14H23N3/c1-2-17-9-5-14(6-10-17)12-16-11-13-3-7-15-8-4-13/h3-4,7-8,14,16H,2,5-6,9-12H2,1H3. The first-order valence-electron chi connectivity index (χ1n) is 6.70. The van der Waals surface area contributed by atoms with Gasteiger partial charge in [-0.3, -0.25) is 4.98 Å². The van der Waals surface area contributed by atoms with Crippen LogP contribution in [0.4, 0.5) is 0 Å². The molecule has 0 spiro atoms. The van der Waals surface area contributed by atoms with E-state index in [1.807, 2.05) is 12.4 Å². The summed E-state index contributed by atoms with van der Waals surface area (Å²) in [5.41, 5.74) is 1.32. The van der Waals surface area contributed by atoms with Crippen LogP contribution in [0.25, 0.3) is 0 Å². The number of pyridine rings is 1. The molecule has 1 saturated heterocycles. The fraction of sp³-hybridized carbons (Fsp3) is 0.643. The van der Waals surface area contributed by atoms with E-state index in [0.29, 0.717) is 0 Å². The van der Waals surface area contributed by atoms with E-state index < -0.39 is 0 Å². The normalized spacial score (nSPS) is 18.4. The van der Waals surface area contributed by atoms with Crippen LogP contribution in [0.1, 0.15) is 25.3 Å². The second-order valence-electron chi connectivity index (χ2n) is 4.86. The zero-order valence-corrected chi connectivity index (χ0v) is 10.7. The molecule has 1 aliphatic heterocycles. The lowest BCUT2D eigenvalue weighted by molar-refractivity contribution is 0.190. The van der Waals surface area contributed by atoms with Gasteiger partial charge in [0.15, 0.2) is 0 Å². The van der Waals surface area contributed by atoms with Gasteiger partial charge in [-0.1, -0.05) is 6.92 Å². The van der Waals surface area contributed by atoms with Crippen molar-refractivity contribution >= 4 is 0 Å². The van der Waals surface area contributed by atoms with Crippen LogP contribution in [0.15, 0.2) is 24.5 Å². The maximum Gasteiger partial charge on any atom is 0.0271 e. The number of hydrogen-bond acceptors (Lipinski definition) is 3. The molecule has 0 bridgehead atoms. The van der Waals surface area contributed by atoms with E-state index in [4.69, 9.17) is 0 Å². The molecule has 3 nitrogen and oxygen atoms in total. The Morgan fingerprint density at radius 3 is 2.65 bits per heavy atom. The largest absolute Gasteiger partial charge is 0.312 e. The van der Waals surface area contributed by atoms with Crippen molar-refractivity contribution in [1.29, 1.82) is 0 Å². The quantitative estimate of drug-likeness (QED) is 0.842. The summed E-state index contributed by atoms with van der Waals surface area (Å²) >= 11 is 0. The maximum atomic E-state index is 4.03. The van der Waals surface area contributed by atoms with Crippen molar-refractivity contribution in [3.63, 3.8) is 0 Å². The molecule has 17 heavy (non-hydrogen) atoms. The molecule has 2 heterocycles. The molecule has 1 aromatic rings. The Labute approximate surface area is 104 Å². The van der Waals surface area contributed by atoms with Crippen LogP contribution in [0.3, 0.4) is 0 Å². The molecule has 1 aliphatic rings. The van der Waals surface area contributed by atoms with Crippen LogP contribution >= 0.6 is 0 Å². The van der Waals surface area contributed by atoms with Crippen LogP contribution in [-0.2, 0) is 6.54 Å². The molecule has 2 rings (SSSR count). The summed E-state index contributed by atoms with van der Waals surface area (Å²) < 4.78 is 0. The minimum atomic E-state index is 0.861. The summed E-state index contributed by atoms with van der Waals surface area (Å²) in [6, 6.07) is 4.15. The van der Waals surface area contributed by atoms with E-state index in [-0.39, 0.29) is 0 Å². The lowest BCUT2D eigenvalue weighted by Gasteiger charge is -2.31. The summed E-state index contributed by atoms with van der Waals surface area (Å²) in [4.78, 5) is 6.57. The fourth-order valence-electron chi connectivity index (χ4n) is 2.43. The molecular formula is C14H23N3. The van der Waals surface area contributed by atoms with Gasteiger partial charge in [0.25, 0.3) is 0 Å². The minimum Gasteiger partial charge on any atom is -0.312 e. The first kappa shape index (κ1) is 12.5. The lowest BCUT2D eigenvalue weighted by Crippen LogP contribution is -2.36. The third kappa shape index (κ3) is 4.10. The van der Waals surface area contributed by atoms with Gasteiger partial charge in [-0.25, -0.2) is 0 Å². The van der Waals surface area contributed by atoms with E-state index in [9.17, 15) is 0 Å². The highest BCUT2D eigenvalue weighted by atomic mass is 15.1. The molecule has 0 radical (unpaired) electrons. The van der Waals surface area contributed by atoms with Gasteiger partial charge < -0.3 is 10.2 Å². The number of nitrogens with zero attached hydrogens (tertiary/aromatic N) is 2. The molecule has 1 N–H and O–H groups in total. The number of likely N-dealkylation sites (tertiary alicyclic amines) is 1. The average molecular weight is 233 g/mol. The van der Waals surface area contributed by atoms with Gasteiger partial charge in [-0.05, 0) is 62.6 Å². The molecule has 0 aliphatic carbocycles. The molecule has 3 heteroatoms. The number of aromatic nitrogens is 1. The third-order valence-electron chi connectivity index (χ3n) is 3.67. The van der Waals surface area contributed by atoms with Crippen molar-refractivity contribution < 1.29 is 0 Å². The predicted molar refractivity (Wildman–Crippen MR) is 70.8 cm³/mol. The molecule has 0 unspecified atom stereocenters. The summed E-state index contributed by atoms with van der Waals surface area (Å²) in [6.45, 7) is 8.13. The van der Waals surface area contributed by atoms with E-state index in [1.165, 1.54) is 38.0 Å². The topological polar surface area (TPSA) is 28.2 Å². The zero-order chi connectivity index (χ0) is 11.9. The van der Waals surface area contributed by atoms with E-state index in [0.717, 1.165) is 19.0 Å². The SMILES string of the molecule is CCN1CCC(CNCc2ccncc2)CC1. The van der Waals surface area contributed by atoms with Gasteiger partial charge in [0.1, 0.15) is 0 Å². The summed E-state index contributed by atoms with van der Waals surface area (Å²) in [6.07, 6.45) is 6.40. The van der Waals surface area contributed by atoms with E-state index in [2.05, 4.69) is 34.3 Å².